The Bertz CT molecular complexity index is 469. The van der Waals surface area contributed by atoms with Crippen LogP contribution in [0.5, 0.6) is 0 Å². The summed E-state index contributed by atoms with van der Waals surface area (Å²) in [5.41, 5.74) is 0. The van der Waals surface area contributed by atoms with Crippen molar-refractivity contribution in [2.24, 2.45) is 5.92 Å². The van der Waals surface area contributed by atoms with Crippen molar-refractivity contribution in [2.75, 3.05) is 11.9 Å². The molecular weight excluding hydrogens is 222 g/mol. The molecule has 0 aliphatic rings. The third-order valence-corrected chi connectivity index (χ3v) is 3.33. The molecule has 16 heavy (non-hydrogen) atoms. The molecule has 2 aromatic rings. The lowest BCUT2D eigenvalue weighted by Crippen LogP contribution is -2.25. The van der Waals surface area contributed by atoms with E-state index >= 15 is 0 Å². The molecule has 0 aromatic carbocycles. The zero-order valence-electron chi connectivity index (χ0n) is 9.34. The van der Waals surface area contributed by atoms with E-state index < -0.39 is 0 Å². The minimum Gasteiger partial charge on any atom is -0.391 e. The molecule has 86 valence electrons. The van der Waals surface area contributed by atoms with Crippen LogP contribution in [0.15, 0.2) is 17.8 Å². The second-order valence-electron chi connectivity index (χ2n) is 4.05. The summed E-state index contributed by atoms with van der Waals surface area (Å²) in [5.74, 6) is 1.04. The molecule has 2 N–H and O–H groups in total. The van der Waals surface area contributed by atoms with Crippen LogP contribution >= 0.6 is 11.3 Å². The average Bonchev–Trinajstić information content (AvgIpc) is 2.73. The number of aliphatic hydroxyl groups excluding tert-OH is 1. The average molecular weight is 237 g/mol. The second-order valence-corrected chi connectivity index (χ2v) is 4.95. The largest absolute Gasteiger partial charge is 0.391 e. The molecular formula is C11H15N3OS. The minimum atomic E-state index is -0.358. The van der Waals surface area contributed by atoms with Crippen LogP contribution in [0, 0.1) is 5.92 Å². The van der Waals surface area contributed by atoms with E-state index in [1.165, 1.54) is 0 Å². The van der Waals surface area contributed by atoms with Crippen LogP contribution in [-0.2, 0) is 0 Å². The monoisotopic (exact) mass is 237 g/mol. The normalized spacial score (nSPS) is 13.2. The van der Waals surface area contributed by atoms with E-state index in [4.69, 9.17) is 0 Å². The number of hydrogen-bond acceptors (Lipinski definition) is 5. The molecule has 2 aromatic heterocycles. The highest BCUT2D eigenvalue weighted by atomic mass is 32.1. The SMILES string of the molecule is CC(C)C(O)CNc1ncnc2sccc12. The van der Waals surface area contributed by atoms with Gasteiger partial charge in [-0.3, -0.25) is 0 Å². The van der Waals surface area contributed by atoms with Crippen molar-refractivity contribution in [1.82, 2.24) is 9.97 Å². The van der Waals surface area contributed by atoms with Crippen molar-refractivity contribution < 1.29 is 5.11 Å². The summed E-state index contributed by atoms with van der Waals surface area (Å²) in [6.45, 7) is 4.50. The summed E-state index contributed by atoms with van der Waals surface area (Å²) >= 11 is 1.59. The van der Waals surface area contributed by atoms with Gasteiger partial charge in [-0.2, -0.15) is 0 Å². The molecule has 0 saturated heterocycles. The first-order valence-corrected chi connectivity index (χ1v) is 6.16. The fourth-order valence-corrected chi connectivity index (χ4v) is 2.10. The zero-order valence-corrected chi connectivity index (χ0v) is 10.2. The number of nitrogens with zero attached hydrogens (tertiary/aromatic N) is 2. The van der Waals surface area contributed by atoms with Crippen LogP contribution in [0.1, 0.15) is 13.8 Å². The highest BCUT2D eigenvalue weighted by Crippen LogP contribution is 2.23. The minimum absolute atomic E-state index is 0.243. The predicted octanol–water partition coefficient (Wildman–Crippen LogP) is 2.12. The molecule has 5 heteroatoms. The maximum absolute atomic E-state index is 9.71. The first-order valence-electron chi connectivity index (χ1n) is 5.28. The van der Waals surface area contributed by atoms with Crippen molar-refractivity contribution >= 4 is 27.4 Å². The van der Waals surface area contributed by atoms with E-state index in [0.717, 1.165) is 16.0 Å². The highest BCUT2D eigenvalue weighted by molar-refractivity contribution is 7.16. The first-order chi connectivity index (χ1) is 7.68. The Balaban J connectivity index is 2.12. The summed E-state index contributed by atoms with van der Waals surface area (Å²) in [6.07, 6.45) is 1.19. The van der Waals surface area contributed by atoms with E-state index in [2.05, 4.69) is 15.3 Å². The van der Waals surface area contributed by atoms with Gasteiger partial charge in [-0.15, -0.1) is 11.3 Å². The van der Waals surface area contributed by atoms with E-state index in [0.29, 0.717) is 6.54 Å². The van der Waals surface area contributed by atoms with E-state index in [-0.39, 0.29) is 12.0 Å². The summed E-state index contributed by atoms with van der Waals surface area (Å²) in [5, 5.41) is 15.9. The van der Waals surface area contributed by atoms with Gasteiger partial charge in [0.05, 0.1) is 11.5 Å². The van der Waals surface area contributed by atoms with E-state index in [1.807, 2.05) is 25.3 Å². The topological polar surface area (TPSA) is 58.0 Å². The summed E-state index contributed by atoms with van der Waals surface area (Å²) < 4.78 is 0. The number of anilines is 1. The molecule has 0 radical (unpaired) electrons. The predicted molar refractivity (Wildman–Crippen MR) is 66.7 cm³/mol. The second kappa shape index (κ2) is 4.76. The van der Waals surface area contributed by atoms with Crippen molar-refractivity contribution in [3.05, 3.63) is 17.8 Å². The van der Waals surface area contributed by atoms with Gasteiger partial charge >= 0.3 is 0 Å². The number of rotatable bonds is 4. The number of nitrogens with one attached hydrogen (secondary N) is 1. The van der Waals surface area contributed by atoms with Crippen molar-refractivity contribution in [3.63, 3.8) is 0 Å². The maximum Gasteiger partial charge on any atom is 0.138 e. The summed E-state index contributed by atoms with van der Waals surface area (Å²) in [6, 6.07) is 1.99. The van der Waals surface area contributed by atoms with Gasteiger partial charge in [0.15, 0.2) is 0 Å². The van der Waals surface area contributed by atoms with Gasteiger partial charge in [-0.05, 0) is 17.4 Å². The third-order valence-electron chi connectivity index (χ3n) is 2.51. The van der Waals surface area contributed by atoms with Crippen LogP contribution in [-0.4, -0.2) is 27.7 Å². The Morgan fingerprint density at radius 1 is 1.44 bits per heavy atom. The van der Waals surface area contributed by atoms with Crippen molar-refractivity contribution in [2.45, 2.75) is 20.0 Å². The van der Waals surface area contributed by atoms with E-state index in [9.17, 15) is 5.11 Å². The quantitative estimate of drug-likeness (QED) is 0.855. The Labute approximate surface area is 98.4 Å². The third kappa shape index (κ3) is 2.31. The maximum atomic E-state index is 9.71. The molecule has 1 atom stereocenters. The van der Waals surface area contributed by atoms with Gasteiger partial charge in [-0.25, -0.2) is 9.97 Å². The number of aliphatic hydroxyl groups is 1. The molecule has 0 saturated carbocycles. The van der Waals surface area contributed by atoms with Crippen LogP contribution in [0.25, 0.3) is 10.2 Å². The molecule has 0 amide bonds. The fraction of sp³-hybridized carbons (Fsp3) is 0.455. The van der Waals surface area contributed by atoms with Gasteiger partial charge in [-0.1, -0.05) is 13.8 Å². The lowest BCUT2D eigenvalue weighted by Gasteiger charge is -2.15. The lowest BCUT2D eigenvalue weighted by atomic mass is 10.1. The molecule has 1 unspecified atom stereocenters. The Morgan fingerprint density at radius 2 is 2.25 bits per heavy atom. The lowest BCUT2D eigenvalue weighted by molar-refractivity contribution is 0.138. The number of hydrogen-bond donors (Lipinski definition) is 2. The highest BCUT2D eigenvalue weighted by Gasteiger charge is 2.10. The number of fused-ring (bicyclic) bond motifs is 1. The Morgan fingerprint density at radius 3 is 3.00 bits per heavy atom. The Kier molecular flexibility index (Phi) is 3.36. The molecule has 0 aliphatic heterocycles. The molecule has 0 bridgehead atoms. The van der Waals surface area contributed by atoms with Crippen LogP contribution in [0.2, 0.25) is 0 Å². The molecule has 2 heterocycles. The van der Waals surface area contributed by atoms with Crippen LogP contribution < -0.4 is 5.32 Å². The smallest absolute Gasteiger partial charge is 0.138 e. The standard InChI is InChI=1S/C11H15N3OS/c1-7(2)9(15)5-12-10-8-3-4-16-11(8)14-6-13-10/h3-4,6-7,9,15H,5H2,1-2H3,(H,12,13,14). The number of aromatic nitrogens is 2. The molecule has 2 rings (SSSR count). The molecule has 0 spiro atoms. The van der Waals surface area contributed by atoms with E-state index in [1.54, 1.807) is 17.7 Å². The fourth-order valence-electron chi connectivity index (χ4n) is 1.37. The van der Waals surface area contributed by atoms with Crippen molar-refractivity contribution in [3.8, 4) is 0 Å². The molecule has 4 nitrogen and oxygen atoms in total. The van der Waals surface area contributed by atoms with Gasteiger partial charge in [0.25, 0.3) is 0 Å². The van der Waals surface area contributed by atoms with Crippen LogP contribution in [0.4, 0.5) is 5.82 Å². The zero-order chi connectivity index (χ0) is 11.5. The molecule has 0 aliphatic carbocycles. The van der Waals surface area contributed by atoms with Gasteiger partial charge < -0.3 is 10.4 Å². The molecule has 0 fully saturated rings. The Hall–Kier alpha value is -1.20. The van der Waals surface area contributed by atoms with Gasteiger partial charge in [0.2, 0.25) is 0 Å². The summed E-state index contributed by atoms with van der Waals surface area (Å²) in [7, 11) is 0. The van der Waals surface area contributed by atoms with Crippen LogP contribution in [0.3, 0.4) is 0 Å². The summed E-state index contributed by atoms with van der Waals surface area (Å²) in [4.78, 5) is 9.32. The van der Waals surface area contributed by atoms with Gasteiger partial charge in [0, 0.05) is 6.54 Å². The van der Waals surface area contributed by atoms with Gasteiger partial charge in [0.1, 0.15) is 17.0 Å². The van der Waals surface area contributed by atoms with Crippen molar-refractivity contribution in [1.29, 1.82) is 0 Å². The number of thiophene rings is 1. The first kappa shape index (κ1) is 11.3.